The van der Waals surface area contributed by atoms with Gasteiger partial charge in [0.25, 0.3) is 5.91 Å². The fourth-order valence-electron chi connectivity index (χ4n) is 5.38. The van der Waals surface area contributed by atoms with E-state index in [2.05, 4.69) is 0 Å². The standard InChI is InChI=1S/C27H31N3O4/c1-28(2)27(34)21-5-3-4-20(13-21)18-8-10-19(11-9-18)26-22-14-29(24(32)12-17-6-7-17)15-25(33)30(22)23(26)16-31/h3-5,8-11,13,17,22-23,26,31H,6-7,12,14-16H2,1-2H3/t22-,23+,26+/m0/s1. The number of rotatable bonds is 6. The average molecular weight is 462 g/mol. The lowest BCUT2D eigenvalue weighted by Gasteiger charge is -2.58. The third kappa shape index (κ3) is 4.09. The predicted molar refractivity (Wildman–Crippen MR) is 128 cm³/mol. The zero-order chi connectivity index (χ0) is 24.0. The summed E-state index contributed by atoms with van der Waals surface area (Å²) in [5.74, 6) is 0.434. The number of carbonyl (C=O) groups is 3. The van der Waals surface area contributed by atoms with Crippen molar-refractivity contribution in [3.8, 4) is 11.1 Å². The van der Waals surface area contributed by atoms with Crippen molar-refractivity contribution >= 4 is 17.7 Å². The lowest BCUT2D eigenvalue weighted by Crippen LogP contribution is -2.73. The number of hydrogen-bond acceptors (Lipinski definition) is 4. The van der Waals surface area contributed by atoms with E-state index in [0.717, 1.165) is 29.5 Å². The number of aliphatic hydroxyl groups is 1. The van der Waals surface area contributed by atoms with Crippen LogP contribution in [-0.2, 0) is 9.59 Å². The smallest absolute Gasteiger partial charge is 0.253 e. The van der Waals surface area contributed by atoms with Gasteiger partial charge in [0.15, 0.2) is 0 Å². The minimum atomic E-state index is -0.259. The lowest BCUT2D eigenvalue weighted by molar-refractivity contribution is -0.167. The van der Waals surface area contributed by atoms with Gasteiger partial charge in [0.1, 0.15) is 0 Å². The van der Waals surface area contributed by atoms with E-state index in [1.54, 1.807) is 28.8 Å². The van der Waals surface area contributed by atoms with E-state index < -0.39 is 0 Å². The zero-order valence-corrected chi connectivity index (χ0v) is 19.7. The van der Waals surface area contributed by atoms with Crippen LogP contribution < -0.4 is 0 Å². The molecule has 7 heteroatoms. The third-order valence-corrected chi connectivity index (χ3v) is 7.41. The van der Waals surface area contributed by atoms with Crippen LogP contribution in [0.5, 0.6) is 0 Å². The molecule has 0 spiro atoms. The third-order valence-electron chi connectivity index (χ3n) is 7.41. The maximum Gasteiger partial charge on any atom is 0.253 e. The first-order chi connectivity index (χ1) is 16.4. The molecule has 0 radical (unpaired) electrons. The number of benzene rings is 2. The van der Waals surface area contributed by atoms with Crippen LogP contribution in [0.25, 0.3) is 11.1 Å². The van der Waals surface area contributed by atoms with E-state index >= 15 is 0 Å². The van der Waals surface area contributed by atoms with Crippen LogP contribution in [0, 0.1) is 5.92 Å². The number of aliphatic hydroxyl groups excluding tert-OH is 1. The molecule has 2 saturated heterocycles. The van der Waals surface area contributed by atoms with Gasteiger partial charge in [0, 0.05) is 38.5 Å². The van der Waals surface area contributed by atoms with Gasteiger partial charge >= 0.3 is 0 Å². The van der Waals surface area contributed by atoms with Gasteiger partial charge in [-0.3, -0.25) is 14.4 Å². The Labute approximate surface area is 200 Å². The van der Waals surface area contributed by atoms with Crippen molar-refractivity contribution in [2.75, 3.05) is 33.8 Å². The van der Waals surface area contributed by atoms with E-state index in [9.17, 15) is 19.5 Å². The molecule has 7 nitrogen and oxygen atoms in total. The van der Waals surface area contributed by atoms with Crippen molar-refractivity contribution in [2.24, 2.45) is 5.92 Å². The summed E-state index contributed by atoms with van der Waals surface area (Å²) in [6.45, 7) is 0.542. The molecule has 3 fully saturated rings. The number of fused-ring (bicyclic) bond motifs is 1. The fraction of sp³-hybridized carbons (Fsp3) is 0.444. The highest BCUT2D eigenvalue weighted by Gasteiger charge is 2.54. The highest BCUT2D eigenvalue weighted by Crippen LogP contribution is 2.43. The minimum absolute atomic E-state index is 0.0128. The van der Waals surface area contributed by atoms with Gasteiger partial charge in [0.2, 0.25) is 11.8 Å². The van der Waals surface area contributed by atoms with E-state index in [-0.39, 0.29) is 48.9 Å². The molecule has 2 aromatic rings. The van der Waals surface area contributed by atoms with Crippen molar-refractivity contribution in [3.05, 3.63) is 59.7 Å². The van der Waals surface area contributed by atoms with Gasteiger partial charge in [0.05, 0.1) is 25.2 Å². The molecule has 2 aliphatic heterocycles. The number of carbonyl (C=O) groups excluding carboxylic acids is 3. The largest absolute Gasteiger partial charge is 0.394 e. The molecule has 2 heterocycles. The first-order valence-electron chi connectivity index (χ1n) is 12.0. The predicted octanol–water partition coefficient (Wildman–Crippen LogP) is 2.35. The Kier molecular flexibility index (Phi) is 5.90. The van der Waals surface area contributed by atoms with Crippen molar-refractivity contribution in [1.82, 2.24) is 14.7 Å². The van der Waals surface area contributed by atoms with E-state index in [0.29, 0.717) is 24.4 Å². The zero-order valence-electron chi connectivity index (χ0n) is 19.7. The minimum Gasteiger partial charge on any atom is -0.394 e. The highest BCUT2D eigenvalue weighted by atomic mass is 16.3. The Morgan fingerprint density at radius 1 is 1.06 bits per heavy atom. The molecule has 1 N–H and O–H groups in total. The lowest BCUT2D eigenvalue weighted by atomic mass is 9.73. The molecule has 34 heavy (non-hydrogen) atoms. The summed E-state index contributed by atoms with van der Waals surface area (Å²) in [5.41, 5.74) is 3.64. The second-order valence-electron chi connectivity index (χ2n) is 9.97. The summed E-state index contributed by atoms with van der Waals surface area (Å²) in [6, 6.07) is 15.3. The van der Waals surface area contributed by atoms with Gasteiger partial charge in [-0.1, -0.05) is 36.4 Å². The van der Waals surface area contributed by atoms with Crippen LogP contribution in [0.2, 0.25) is 0 Å². The van der Waals surface area contributed by atoms with Gasteiger partial charge in [-0.25, -0.2) is 0 Å². The summed E-state index contributed by atoms with van der Waals surface area (Å²) < 4.78 is 0. The molecule has 2 aromatic carbocycles. The molecule has 3 aliphatic rings. The molecule has 3 atom stereocenters. The van der Waals surface area contributed by atoms with Crippen molar-refractivity contribution < 1.29 is 19.5 Å². The average Bonchev–Trinajstić information content (AvgIpc) is 3.64. The fourth-order valence-corrected chi connectivity index (χ4v) is 5.38. The SMILES string of the molecule is CN(C)C(=O)c1cccc(-c2ccc([C@H]3[C@@H](CO)N4C(=O)CN(C(=O)CC5CC5)C[C@@H]34)cc2)c1. The molecule has 3 amide bonds. The second kappa shape index (κ2) is 8.87. The van der Waals surface area contributed by atoms with Crippen LogP contribution in [-0.4, -0.2) is 83.4 Å². The van der Waals surface area contributed by atoms with E-state index in [4.69, 9.17) is 0 Å². The Bertz CT molecular complexity index is 1110. The van der Waals surface area contributed by atoms with Gasteiger partial charge < -0.3 is 19.8 Å². The number of nitrogens with zero attached hydrogens (tertiary/aromatic N) is 3. The summed E-state index contributed by atoms with van der Waals surface area (Å²) in [4.78, 5) is 42.8. The van der Waals surface area contributed by atoms with Crippen LogP contribution in [0.1, 0.15) is 41.1 Å². The number of piperazine rings is 1. The molecule has 5 rings (SSSR count). The second-order valence-corrected chi connectivity index (χ2v) is 9.97. The quantitative estimate of drug-likeness (QED) is 0.716. The van der Waals surface area contributed by atoms with E-state index in [1.807, 2.05) is 48.5 Å². The summed E-state index contributed by atoms with van der Waals surface area (Å²) in [5, 5.41) is 10.0. The van der Waals surface area contributed by atoms with Gasteiger partial charge in [-0.2, -0.15) is 0 Å². The van der Waals surface area contributed by atoms with Gasteiger partial charge in [-0.05, 0) is 47.6 Å². The first kappa shape index (κ1) is 22.6. The van der Waals surface area contributed by atoms with Crippen LogP contribution in [0.4, 0.5) is 0 Å². The van der Waals surface area contributed by atoms with Gasteiger partial charge in [-0.15, -0.1) is 0 Å². The summed E-state index contributed by atoms with van der Waals surface area (Å²) in [7, 11) is 3.47. The van der Waals surface area contributed by atoms with Crippen LogP contribution >= 0.6 is 0 Å². The van der Waals surface area contributed by atoms with E-state index in [1.165, 1.54) is 0 Å². The molecule has 0 unspecified atom stereocenters. The topological polar surface area (TPSA) is 81.2 Å². The van der Waals surface area contributed by atoms with Crippen molar-refractivity contribution in [3.63, 3.8) is 0 Å². The molecule has 0 aromatic heterocycles. The molecule has 178 valence electrons. The Balaban J connectivity index is 1.35. The monoisotopic (exact) mass is 461 g/mol. The molecule has 0 bridgehead atoms. The first-order valence-corrected chi connectivity index (χ1v) is 12.0. The maximum atomic E-state index is 12.8. The number of amides is 3. The number of hydrogen-bond donors (Lipinski definition) is 1. The molecular formula is C27H31N3O4. The summed E-state index contributed by atoms with van der Waals surface area (Å²) >= 11 is 0. The molecule has 1 aliphatic carbocycles. The Hall–Kier alpha value is -3.19. The Morgan fingerprint density at radius 2 is 1.79 bits per heavy atom. The van der Waals surface area contributed by atoms with Crippen molar-refractivity contribution in [2.45, 2.75) is 37.3 Å². The molecular weight excluding hydrogens is 430 g/mol. The Morgan fingerprint density at radius 3 is 2.44 bits per heavy atom. The van der Waals surface area contributed by atoms with Crippen LogP contribution in [0.15, 0.2) is 48.5 Å². The maximum absolute atomic E-state index is 12.8. The van der Waals surface area contributed by atoms with Crippen LogP contribution in [0.3, 0.4) is 0 Å². The summed E-state index contributed by atoms with van der Waals surface area (Å²) in [6.07, 6.45) is 2.76. The molecule has 1 saturated carbocycles. The van der Waals surface area contributed by atoms with Crippen molar-refractivity contribution in [1.29, 1.82) is 0 Å². The normalized spacial score (nSPS) is 23.9. The highest BCUT2D eigenvalue weighted by molar-refractivity contribution is 5.95.